The van der Waals surface area contributed by atoms with Crippen LogP contribution in [0.2, 0.25) is 0 Å². The van der Waals surface area contributed by atoms with Gasteiger partial charge in [0.15, 0.2) is 12.2 Å². The third-order valence-electron chi connectivity index (χ3n) is 5.19. The average Bonchev–Trinajstić information content (AvgIpc) is 3.11. The summed E-state index contributed by atoms with van der Waals surface area (Å²) in [6.45, 7) is 5.04. The van der Waals surface area contributed by atoms with E-state index in [4.69, 9.17) is 14.2 Å². The Morgan fingerprint density at radius 1 is 1.10 bits per heavy atom. The number of carbonyl (C=O) groups is 3. The number of rotatable bonds is 11. The molecule has 2 rings (SSSR count). The minimum atomic E-state index is -0.830. The fraction of sp³-hybridized carbons (Fsp3) is 0.609. The summed E-state index contributed by atoms with van der Waals surface area (Å²) in [7, 11) is 0. The molecular weight excluding hydrogens is 372 g/mol. The Labute approximate surface area is 172 Å². The smallest absolute Gasteiger partial charge is 0.303 e. The van der Waals surface area contributed by atoms with Crippen molar-refractivity contribution in [1.29, 1.82) is 0 Å². The first-order valence-electron chi connectivity index (χ1n) is 10.4. The van der Waals surface area contributed by atoms with Gasteiger partial charge < -0.3 is 14.2 Å². The van der Waals surface area contributed by atoms with E-state index >= 15 is 0 Å². The number of hydrogen-bond donors (Lipinski definition) is 0. The number of esters is 2. The topological polar surface area (TPSA) is 78.9 Å². The summed E-state index contributed by atoms with van der Waals surface area (Å²) in [6, 6.07) is 9.72. The first-order chi connectivity index (χ1) is 13.9. The lowest BCUT2D eigenvalue weighted by atomic mass is 9.90. The summed E-state index contributed by atoms with van der Waals surface area (Å²) in [5, 5.41) is 0. The normalized spacial score (nSPS) is 19.4. The maximum atomic E-state index is 12.4. The highest BCUT2D eigenvalue weighted by Crippen LogP contribution is 2.32. The number of ether oxygens (including phenoxy) is 3. The van der Waals surface area contributed by atoms with Crippen LogP contribution in [0.3, 0.4) is 0 Å². The molecule has 0 unspecified atom stereocenters. The summed E-state index contributed by atoms with van der Waals surface area (Å²) < 4.78 is 17.4. The zero-order valence-corrected chi connectivity index (χ0v) is 17.6. The highest BCUT2D eigenvalue weighted by molar-refractivity contribution is 5.84. The lowest BCUT2D eigenvalue weighted by Crippen LogP contribution is -2.49. The van der Waals surface area contributed by atoms with Crippen LogP contribution in [0.25, 0.3) is 0 Å². The highest BCUT2D eigenvalue weighted by Gasteiger charge is 2.44. The van der Waals surface area contributed by atoms with E-state index in [1.807, 2.05) is 30.3 Å². The van der Waals surface area contributed by atoms with Crippen LogP contribution >= 0.6 is 0 Å². The van der Waals surface area contributed by atoms with E-state index in [0.29, 0.717) is 25.9 Å². The number of carbonyl (C=O) groups excluding carboxylic acids is 3. The first-order valence-corrected chi connectivity index (χ1v) is 10.4. The van der Waals surface area contributed by atoms with Gasteiger partial charge in [-0.05, 0) is 24.8 Å². The molecule has 0 aliphatic heterocycles. The second-order valence-corrected chi connectivity index (χ2v) is 7.59. The molecule has 1 aliphatic carbocycles. The Bertz CT molecular complexity index is 671. The molecule has 1 aromatic rings. The Kier molecular flexibility index (Phi) is 9.32. The van der Waals surface area contributed by atoms with Crippen molar-refractivity contribution in [3.8, 4) is 0 Å². The van der Waals surface area contributed by atoms with Gasteiger partial charge in [-0.1, -0.05) is 50.1 Å². The summed E-state index contributed by atoms with van der Waals surface area (Å²) in [6.07, 6.45) is 2.15. The van der Waals surface area contributed by atoms with E-state index in [1.54, 1.807) is 0 Å². The third kappa shape index (κ3) is 7.28. The van der Waals surface area contributed by atoms with Crippen molar-refractivity contribution in [2.45, 2.75) is 84.2 Å². The SMILES string of the molecule is CCCC[C@H](OCc1ccccc1)[C@@H](OC(C)=O)[C@H](OC(C)=O)[C@H]1CCCC1=O. The summed E-state index contributed by atoms with van der Waals surface area (Å²) in [5.41, 5.74) is 0.997. The zero-order valence-electron chi connectivity index (χ0n) is 17.6. The molecule has 1 fully saturated rings. The van der Waals surface area contributed by atoms with Gasteiger partial charge in [0.1, 0.15) is 5.78 Å². The van der Waals surface area contributed by atoms with Crippen LogP contribution in [-0.2, 0) is 35.2 Å². The molecule has 4 atom stereocenters. The minimum Gasteiger partial charge on any atom is -0.458 e. The van der Waals surface area contributed by atoms with Gasteiger partial charge in [0.25, 0.3) is 0 Å². The molecule has 160 valence electrons. The maximum Gasteiger partial charge on any atom is 0.303 e. The number of hydrogen-bond acceptors (Lipinski definition) is 6. The van der Waals surface area contributed by atoms with Crippen molar-refractivity contribution in [1.82, 2.24) is 0 Å². The van der Waals surface area contributed by atoms with Gasteiger partial charge in [0.2, 0.25) is 0 Å². The van der Waals surface area contributed by atoms with Gasteiger partial charge in [-0.25, -0.2) is 0 Å². The largest absolute Gasteiger partial charge is 0.458 e. The quantitative estimate of drug-likeness (QED) is 0.519. The molecule has 0 radical (unpaired) electrons. The van der Waals surface area contributed by atoms with Crippen LogP contribution in [0.15, 0.2) is 30.3 Å². The molecule has 0 bridgehead atoms. The van der Waals surface area contributed by atoms with E-state index in [2.05, 4.69) is 6.92 Å². The molecule has 0 aromatic heterocycles. The number of unbranched alkanes of at least 4 members (excludes halogenated alkanes) is 1. The zero-order chi connectivity index (χ0) is 21.2. The monoisotopic (exact) mass is 404 g/mol. The van der Waals surface area contributed by atoms with Crippen molar-refractivity contribution in [2.24, 2.45) is 5.92 Å². The van der Waals surface area contributed by atoms with Crippen LogP contribution in [0.4, 0.5) is 0 Å². The Morgan fingerprint density at radius 2 is 1.79 bits per heavy atom. The molecule has 0 saturated heterocycles. The molecule has 0 spiro atoms. The van der Waals surface area contributed by atoms with Gasteiger partial charge in [-0.2, -0.15) is 0 Å². The molecule has 0 heterocycles. The van der Waals surface area contributed by atoms with Gasteiger partial charge in [-0.3, -0.25) is 14.4 Å². The molecule has 29 heavy (non-hydrogen) atoms. The second-order valence-electron chi connectivity index (χ2n) is 7.59. The van der Waals surface area contributed by atoms with Crippen LogP contribution in [0, 0.1) is 5.92 Å². The fourth-order valence-corrected chi connectivity index (χ4v) is 3.83. The van der Waals surface area contributed by atoms with E-state index in [-0.39, 0.29) is 5.78 Å². The summed E-state index contributed by atoms with van der Waals surface area (Å²) in [4.78, 5) is 36.1. The maximum absolute atomic E-state index is 12.4. The van der Waals surface area contributed by atoms with E-state index in [9.17, 15) is 14.4 Å². The Hall–Kier alpha value is -2.21. The van der Waals surface area contributed by atoms with Crippen LogP contribution in [-0.4, -0.2) is 36.0 Å². The lowest BCUT2D eigenvalue weighted by Gasteiger charge is -2.35. The molecule has 0 amide bonds. The van der Waals surface area contributed by atoms with Crippen molar-refractivity contribution >= 4 is 17.7 Å². The molecule has 1 saturated carbocycles. The van der Waals surface area contributed by atoms with Crippen molar-refractivity contribution < 1.29 is 28.6 Å². The molecule has 1 aliphatic rings. The van der Waals surface area contributed by atoms with Gasteiger partial charge in [0.05, 0.1) is 18.6 Å². The number of benzene rings is 1. The van der Waals surface area contributed by atoms with Crippen LogP contribution in [0.1, 0.15) is 64.9 Å². The van der Waals surface area contributed by atoms with Crippen LogP contribution in [0.5, 0.6) is 0 Å². The van der Waals surface area contributed by atoms with Gasteiger partial charge >= 0.3 is 11.9 Å². The van der Waals surface area contributed by atoms with Crippen molar-refractivity contribution in [3.05, 3.63) is 35.9 Å². The van der Waals surface area contributed by atoms with Gasteiger partial charge in [-0.15, -0.1) is 0 Å². The van der Waals surface area contributed by atoms with Crippen molar-refractivity contribution in [2.75, 3.05) is 0 Å². The Balaban J connectivity index is 2.28. The molecular formula is C23H32O6. The fourth-order valence-electron chi connectivity index (χ4n) is 3.83. The lowest BCUT2D eigenvalue weighted by molar-refractivity contribution is -0.186. The predicted molar refractivity (Wildman–Crippen MR) is 108 cm³/mol. The first kappa shape index (κ1) is 23.1. The average molecular weight is 405 g/mol. The number of Topliss-reactive ketones (excluding diaryl/α,β-unsaturated/α-hetero) is 1. The third-order valence-corrected chi connectivity index (χ3v) is 5.19. The van der Waals surface area contributed by atoms with E-state index in [0.717, 1.165) is 24.8 Å². The number of ketones is 1. The van der Waals surface area contributed by atoms with E-state index < -0.39 is 36.2 Å². The second kappa shape index (κ2) is 11.7. The molecule has 6 heteroatoms. The summed E-state index contributed by atoms with van der Waals surface area (Å²) >= 11 is 0. The Morgan fingerprint density at radius 3 is 2.34 bits per heavy atom. The van der Waals surface area contributed by atoms with Crippen LogP contribution < -0.4 is 0 Å². The summed E-state index contributed by atoms with van der Waals surface area (Å²) in [5.74, 6) is -1.40. The predicted octanol–water partition coefficient (Wildman–Crippen LogP) is 3.99. The van der Waals surface area contributed by atoms with E-state index in [1.165, 1.54) is 13.8 Å². The van der Waals surface area contributed by atoms with Gasteiger partial charge in [0, 0.05) is 20.3 Å². The molecule has 0 N–H and O–H groups in total. The minimum absolute atomic E-state index is 0.0469. The molecule has 1 aromatic carbocycles. The standard InChI is InChI=1S/C23H32O6/c1-4-5-14-21(27-15-18-10-7-6-8-11-18)23(29-17(3)25)22(28-16(2)24)19-12-9-13-20(19)26/h6-8,10-11,19,21-23H,4-5,9,12-15H2,1-3H3/t19-,21-,22+,23+/m0/s1. The van der Waals surface area contributed by atoms with Crippen molar-refractivity contribution in [3.63, 3.8) is 0 Å². The highest BCUT2D eigenvalue weighted by atomic mass is 16.6. The molecule has 6 nitrogen and oxygen atoms in total.